The van der Waals surface area contributed by atoms with Gasteiger partial charge in [-0.15, -0.1) is 0 Å². The first-order valence-corrected chi connectivity index (χ1v) is 6.49. The van der Waals surface area contributed by atoms with Crippen molar-refractivity contribution in [2.24, 2.45) is 0 Å². The molecule has 0 aliphatic rings. The largest absolute Gasteiger partial charge is 0.465 e. The molecule has 0 atom stereocenters. The maximum atomic E-state index is 13.4. The van der Waals surface area contributed by atoms with Crippen LogP contribution in [-0.4, -0.2) is 36.5 Å². The lowest BCUT2D eigenvalue weighted by atomic mass is 10.1. The van der Waals surface area contributed by atoms with Crippen molar-refractivity contribution in [2.45, 2.75) is 20.3 Å². The van der Waals surface area contributed by atoms with E-state index < -0.39 is 17.7 Å². The molecule has 1 rings (SSSR count). The van der Waals surface area contributed by atoms with Crippen molar-refractivity contribution in [1.82, 2.24) is 4.90 Å². The Morgan fingerprint density at radius 3 is 2.60 bits per heavy atom. The zero-order chi connectivity index (χ0) is 15.1. The van der Waals surface area contributed by atoms with Crippen molar-refractivity contribution >= 4 is 17.6 Å². The number of ether oxygens (including phenoxy) is 1. The fourth-order valence-electron chi connectivity index (χ4n) is 1.73. The Hall–Kier alpha value is -2.11. The van der Waals surface area contributed by atoms with Crippen LogP contribution in [0.1, 0.15) is 30.6 Å². The molecule has 5 nitrogen and oxygen atoms in total. The molecule has 20 heavy (non-hydrogen) atoms. The number of hydrogen-bond acceptors (Lipinski definition) is 4. The number of nitrogens with zero attached hydrogens (tertiary/aromatic N) is 1. The molecule has 1 aromatic carbocycles. The topological polar surface area (TPSA) is 72.6 Å². The Morgan fingerprint density at radius 2 is 2.05 bits per heavy atom. The number of halogens is 1. The van der Waals surface area contributed by atoms with E-state index in [1.807, 2.05) is 6.92 Å². The summed E-state index contributed by atoms with van der Waals surface area (Å²) in [4.78, 5) is 25.1. The number of amides is 1. The monoisotopic (exact) mass is 282 g/mol. The predicted octanol–water partition coefficient (Wildman–Crippen LogP) is 1.82. The van der Waals surface area contributed by atoms with Crippen LogP contribution < -0.4 is 5.73 Å². The molecule has 6 heteroatoms. The van der Waals surface area contributed by atoms with E-state index in [4.69, 9.17) is 10.5 Å². The quantitative estimate of drug-likeness (QED) is 0.638. The molecule has 2 N–H and O–H groups in total. The molecule has 0 aliphatic heterocycles. The van der Waals surface area contributed by atoms with Crippen LogP contribution in [0.3, 0.4) is 0 Å². The van der Waals surface area contributed by atoms with Crippen LogP contribution in [0.2, 0.25) is 0 Å². The third-order valence-electron chi connectivity index (χ3n) is 2.65. The standard InChI is InChI=1S/C14H19FN2O3/c1-3-7-17(9-13(18)20-4-2)14(19)10-5-6-12(16)11(15)8-10/h5-6,8H,3-4,7,9,16H2,1-2H3. The fourth-order valence-corrected chi connectivity index (χ4v) is 1.73. The molecule has 0 heterocycles. The third kappa shape index (κ3) is 4.22. The summed E-state index contributed by atoms with van der Waals surface area (Å²) < 4.78 is 18.2. The van der Waals surface area contributed by atoms with Crippen molar-refractivity contribution in [3.8, 4) is 0 Å². The number of nitrogens with two attached hydrogens (primary N) is 1. The van der Waals surface area contributed by atoms with Crippen LogP contribution in [0.15, 0.2) is 18.2 Å². The number of nitrogen functional groups attached to an aromatic ring is 1. The fraction of sp³-hybridized carbons (Fsp3) is 0.429. The van der Waals surface area contributed by atoms with Crippen molar-refractivity contribution in [3.63, 3.8) is 0 Å². The SMILES string of the molecule is CCCN(CC(=O)OCC)C(=O)c1ccc(N)c(F)c1. The first kappa shape index (κ1) is 15.9. The maximum Gasteiger partial charge on any atom is 0.325 e. The summed E-state index contributed by atoms with van der Waals surface area (Å²) in [5, 5.41) is 0. The predicted molar refractivity (Wildman–Crippen MR) is 73.6 cm³/mol. The summed E-state index contributed by atoms with van der Waals surface area (Å²) in [5.41, 5.74) is 5.51. The van der Waals surface area contributed by atoms with Crippen LogP contribution in [0.4, 0.5) is 10.1 Å². The number of hydrogen-bond donors (Lipinski definition) is 1. The van der Waals surface area contributed by atoms with Crippen LogP contribution in [0.25, 0.3) is 0 Å². The van der Waals surface area contributed by atoms with Gasteiger partial charge in [0.15, 0.2) is 0 Å². The second kappa shape index (κ2) is 7.47. The van der Waals surface area contributed by atoms with Gasteiger partial charge in [0.1, 0.15) is 12.4 Å². The van der Waals surface area contributed by atoms with Gasteiger partial charge in [-0.25, -0.2) is 4.39 Å². The van der Waals surface area contributed by atoms with Gasteiger partial charge in [-0.2, -0.15) is 0 Å². The molecule has 0 aromatic heterocycles. The smallest absolute Gasteiger partial charge is 0.325 e. The van der Waals surface area contributed by atoms with E-state index in [9.17, 15) is 14.0 Å². The average Bonchev–Trinajstić information content (AvgIpc) is 2.41. The van der Waals surface area contributed by atoms with Crippen LogP contribution in [0, 0.1) is 5.82 Å². The summed E-state index contributed by atoms with van der Waals surface area (Å²) in [6.07, 6.45) is 0.683. The van der Waals surface area contributed by atoms with Gasteiger partial charge in [-0.3, -0.25) is 9.59 Å². The number of carbonyl (C=O) groups is 2. The van der Waals surface area contributed by atoms with Crippen molar-refractivity contribution in [3.05, 3.63) is 29.6 Å². The molecule has 0 radical (unpaired) electrons. The summed E-state index contributed by atoms with van der Waals surface area (Å²) in [6, 6.07) is 3.84. The summed E-state index contributed by atoms with van der Waals surface area (Å²) in [6.45, 7) is 4.08. The number of anilines is 1. The number of rotatable bonds is 6. The summed E-state index contributed by atoms with van der Waals surface area (Å²) >= 11 is 0. The Bertz CT molecular complexity index is 491. The van der Waals surface area contributed by atoms with Crippen LogP contribution in [-0.2, 0) is 9.53 Å². The van der Waals surface area contributed by atoms with Crippen LogP contribution >= 0.6 is 0 Å². The minimum absolute atomic E-state index is 0.0195. The van der Waals surface area contributed by atoms with E-state index in [0.29, 0.717) is 13.0 Å². The van der Waals surface area contributed by atoms with Crippen molar-refractivity contribution < 1.29 is 18.7 Å². The molecule has 0 spiro atoms. The number of benzene rings is 1. The van der Waals surface area contributed by atoms with E-state index in [1.165, 1.54) is 17.0 Å². The summed E-state index contributed by atoms with van der Waals surface area (Å²) in [5.74, 6) is -1.55. The highest BCUT2D eigenvalue weighted by Gasteiger charge is 2.19. The van der Waals surface area contributed by atoms with Gasteiger partial charge in [0.05, 0.1) is 12.3 Å². The second-order valence-electron chi connectivity index (χ2n) is 4.27. The minimum atomic E-state index is -0.650. The highest BCUT2D eigenvalue weighted by atomic mass is 19.1. The minimum Gasteiger partial charge on any atom is -0.465 e. The Balaban J connectivity index is 2.87. The van der Waals surface area contributed by atoms with Gasteiger partial charge in [0.2, 0.25) is 0 Å². The van der Waals surface area contributed by atoms with Gasteiger partial charge in [-0.05, 0) is 31.5 Å². The first-order chi connectivity index (χ1) is 9.49. The van der Waals surface area contributed by atoms with Crippen molar-refractivity contribution in [2.75, 3.05) is 25.4 Å². The number of carbonyl (C=O) groups excluding carboxylic acids is 2. The molecule has 0 saturated heterocycles. The lowest BCUT2D eigenvalue weighted by Gasteiger charge is -2.21. The Labute approximate surface area is 117 Å². The summed E-state index contributed by atoms with van der Waals surface area (Å²) in [7, 11) is 0. The van der Waals surface area contributed by atoms with E-state index in [0.717, 1.165) is 6.07 Å². The van der Waals surface area contributed by atoms with Gasteiger partial charge in [0.25, 0.3) is 5.91 Å². The molecule has 0 aliphatic carbocycles. The molecule has 0 fully saturated rings. The molecule has 1 amide bonds. The zero-order valence-corrected chi connectivity index (χ0v) is 11.7. The van der Waals surface area contributed by atoms with E-state index in [-0.39, 0.29) is 24.4 Å². The van der Waals surface area contributed by atoms with E-state index >= 15 is 0 Å². The zero-order valence-electron chi connectivity index (χ0n) is 11.7. The molecule has 1 aromatic rings. The van der Waals surface area contributed by atoms with E-state index in [2.05, 4.69) is 0 Å². The second-order valence-corrected chi connectivity index (χ2v) is 4.27. The molecule has 110 valence electrons. The maximum absolute atomic E-state index is 13.4. The lowest BCUT2D eigenvalue weighted by Crippen LogP contribution is -2.37. The van der Waals surface area contributed by atoms with Crippen molar-refractivity contribution in [1.29, 1.82) is 0 Å². The number of esters is 1. The third-order valence-corrected chi connectivity index (χ3v) is 2.65. The van der Waals surface area contributed by atoms with Gasteiger partial charge >= 0.3 is 5.97 Å². The molecule has 0 unspecified atom stereocenters. The van der Waals surface area contributed by atoms with Gasteiger partial charge in [-0.1, -0.05) is 6.92 Å². The normalized spacial score (nSPS) is 10.2. The highest BCUT2D eigenvalue weighted by molar-refractivity contribution is 5.96. The molecule has 0 saturated carbocycles. The Kier molecular flexibility index (Phi) is 5.96. The van der Waals surface area contributed by atoms with Crippen LogP contribution in [0.5, 0.6) is 0 Å². The van der Waals surface area contributed by atoms with E-state index in [1.54, 1.807) is 6.92 Å². The highest BCUT2D eigenvalue weighted by Crippen LogP contribution is 2.14. The Morgan fingerprint density at radius 1 is 1.35 bits per heavy atom. The average molecular weight is 282 g/mol. The lowest BCUT2D eigenvalue weighted by molar-refractivity contribution is -0.143. The molecule has 0 bridgehead atoms. The molecular formula is C14H19FN2O3. The first-order valence-electron chi connectivity index (χ1n) is 6.49. The van der Waals surface area contributed by atoms with Gasteiger partial charge < -0.3 is 15.4 Å². The molecular weight excluding hydrogens is 263 g/mol. The van der Waals surface area contributed by atoms with Gasteiger partial charge in [0, 0.05) is 12.1 Å².